The Balaban J connectivity index is 1.96. The summed E-state index contributed by atoms with van der Waals surface area (Å²) < 4.78 is 42.9. The topological polar surface area (TPSA) is 33.5 Å². The normalized spacial score (nSPS) is 21.0. The van der Waals surface area contributed by atoms with E-state index in [-0.39, 0.29) is 13.0 Å². The first-order valence-corrected chi connectivity index (χ1v) is 6.04. The van der Waals surface area contributed by atoms with Crippen molar-refractivity contribution >= 4 is 12.0 Å². The molecule has 2 rings (SSSR count). The predicted molar refractivity (Wildman–Crippen MR) is 63.1 cm³/mol. The number of hydrogen-bond acceptors (Lipinski definition) is 2. The second-order valence-corrected chi connectivity index (χ2v) is 4.51. The molecule has 0 spiro atoms. The van der Waals surface area contributed by atoms with Crippen LogP contribution in [-0.4, -0.2) is 30.1 Å². The van der Waals surface area contributed by atoms with Crippen LogP contribution in [0.5, 0.6) is 0 Å². The summed E-state index contributed by atoms with van der Waals surface area (Å²) in [6, 6.07) is 3.34. The van der Waals surface area contributed by atoms with Crippen molar-refractivity contribution in [3.63, 3.8) is 0 Å². The molecule has 1 amide bonds. The molecule has 0 radical (unpaired) electrons. The van der Waals surface area contributed by atoms with E-state index in [2.05, 4.69) is 0 Å². The van der Waals surface area contributed by atoms with Gasteiger partial charge in [-0.2, -0.15) is 13.2 Å². The van der Waals surface area contributed by atoms with E-state index in [1.807, 2.05) is 0 Å². The smallest absolute Gasteiger partial charge is 0.393 e. The number of nitrogens with zero attached hydrogens (tertiary/aromatic N) is 1. The van der Waals surface area contributed by atoms with Gasteiger partial charge < -0.3 is 9.32 Å². The molecule has 3 nitrogen and oxygen atoms in total. The maximum atomic E-state index is 12.6. The molecule has 1 aromatic rings. The molecule has 0 bridgehead atoms. The van der Waals surface area contributed by atoms with Gasteiger partial charge in [-0.15, -0.1) is 0 Å². The number of carbonyl (C=O) groups is 1. The van der Waals surface area contributed by atoms with E-state index in [0.29, 0.717) is 18.7 Å². The van der Waals surface area contributed by atoms with Crippen LogP contribution >= 0.6 is 0 Å². The van der Waals surface area contributed by atoms with Crippen LogP contribution in [0.2, 0.25) is 0 Å². The van der Waals surface area contributed by atoms with Gasteiger partial charge in [0.15, 0.2) is 0 Å². The van der Waals surface area contributed by atoms with E-state index in [0.717, 1.165) is 0 Å². The molecule has 1 aliphatic heterocycles. The Labute approximate surface area is 108 Å². The van der Waals surface area contributed by atoms with Gasteiger partial charge in [0.05, 0.1) is 12.2 Å². The van der Waals surface area contributed by atoms with Crippen molar-refractivity contribution in [3.05, 3.63) is 30.2 Å². The lowest BCUT2D eigenvalue weighted by atomic mass is 9.97. The molecule has 1 aromatic heterocycles. The van der Waals surface area contributed by atoms with Gasteiger partial charge >= 0.3 is 6.18 Å². The van der Waals surface area contributed by atoms with Gasteiger partial charge in [0.2, 0.25) is 5.91 Å². The van der Waals surface area contributed by atoms with E-state index < -0.39 is 18.0 Å². The Morgan fingerprint density at radius 3 is 2.89 bits per heavy atom. The second-order valence-electron chi connectivity index (χ2n) is 4.51. The van der Waals surface area contributed by atoms with Crippen molar-refractivity contribution < 1.29 is 22.4 Å². The third kappa shape index (κ3) is 3.62. The highest BCUT2D eigenvalue weighted by Crippen LogP contribution is 2.33. The average molecular weight is 273 g/mol. The van der Waals surface area contributed by atoms with Gasteiger partial charge in [-0.1, -0.05) is 0 Å². The fraction of sp³-hybridized carbons (Fsp3) is 0.462. The van der Waals surface area contributed by atoms with Crippen molar-refractivity contribution in [3.8, 4) is 0 Å². The number of likely N-dealkylation sites (tertiary alicyclic amines) is 1. The molecule has 0 aliphatic carbocycles. The molecule has 1 atom stereocenters. The Kier molecular flexibility index (Phi) is 3.97. The molecule has 6 heteroatoms. The van der Waals surface area contributed by atoms with E-state index in [1.165, 1.54) is 23.3 Å². The van der Waals surface area contributed by atoms with E-state index in [9.17, 15) is 18.0 Å². The Morgan fingerprint density at radius 1 is 1.47 bits per heavy atom. The summed E-state index contributed by atoms with van der Waals surface area (Å²) in [6.07, 6.45) is 0.408. The Morgan fingerprint density at radius 2 is 2.26 bits per heavy atom. The summed E-state index contributed by atoms with van der Waals surface area (Å²) in [5, 5.41) is 0. The van der Waals surface area contributed by atoms with Crippen molar-refractivity contribution in [2.45, 2.75) is 19.0 Å². The minimum atomic E-state index is -4.23. The Hall–Kier alpha value is -1.72. The highest BCUT2D eigenvalue weighted by atomic mass is 19.4. The second kappa shape index (κ2) is 5.50. The zero-order valence-electron chi connectivity index (χ0n) is 10.2. The molecule has 19 heavy (non-hydrogen) atoms. The number of carbonyl (C=O) groups excluding carboxylic acids is 1. The predicted octanol–water partition coefficient (Wildman–Crippen LogP) is 3.09. The number of halogens is 3. The number of furan rings is 1. The van der Waals surface area contributed by atoms with Gasteiger partial charge in [-0.25, -0.2) is 0 Å². The highest BCUT2D eigenvalue weighted by molar-refractivity contribution is 5.91. The van der Waals surface area contributed by atoms with Crippen LogP contribution in [0, 0.1) is 5.92 Å². The molecule has 104 valence electrons. The summed E-state index contributed by atoms with van der Waals surface area (Å²) in [5.74, 6) is -1.33. The van der Waals surface area contributed by atoms with E-state index >= 15 is 0 Å². The molecular formula is C13H14F3NO2. The van der Waals surface area contributed by atoms with Crippen molar-refractivity contribution in [2.75, 3.05) is 13.1 Å². The van der Waals surface area contributed by atoms with Crippen LogP contribution in [-0.2, 0) is 4.79 Å². The average Bonchev–Trinajstić information content (AvgIpc) is 2.88. The number of piperidine rings is 1. The lowest BCUT2D eigenvalue weighted by Gasteiger charge is -2.33. The molecule has 1 saturated heterocycles. The van der Waals surface area contributed by atoms with Crippen LogP contribution < -0.4 is 0 Å². The van der Waals surface area contributed by atoms with Crippen molar-refractivity contribution in [1.82, 2.24) is 4.90 Å². The lowest BCUT2D eigenvalue weighted by Crippen LogP contribution is -2.44. The first-order valence-electron chi connectivity index (χ1n) is 6.04. The highest BCUT2D eigenvalue weighted by Gasteiger charge is 2.42. The lowest BCUT2D eigenvalue weighted by molar-refractivity contribution is -0.187. The zero-order chi connectivity index (χ0) is 13.9. The SMILES string of the molecule is O=C(/C=C/c1ccco1)N1CCCC(C(F)(F)F)C1. The van der Waals surface area contributed by atoms with Gasteiger partial charge in [0.25, 0.3) is 0 Å². The van der Waals surface area contributed by atoms with Crippen molar-refractivity contribution in [2.24, 2.45) is 5.92 Å². The first kappa shape index (κ1) is 13.7. The molecule has 1 fully saturated rings. The summed E-state index contributed by atoms with van der Waals surface area (Å²) >= 11 is 0. The fourth-order valence-electron chi connectivity index (χ4n) is 2.09. The summed E-state index contributed by atoms with van der Waals surface area (Å²) in [4.78, 5) is 13.0. The third-order valence-electron chi connectivity index (χ3n) is 3.13. The standard InChI is InChI=1S/C13H14F3NO2/c14-13(15,16)10-3-1-7-17(9-10)12(18)6-5-11-4-2-8-19-11/h2,4-6,8,10H,1,3,7,9H2/b6-5+. The minimum Gasteiger partial charge on any atom is -0.465 e. The maximum absolute atomic E-state index is 12.6. The minimum absolute atomic E-state index is 0.0924. The summed E-state index contributed by atoms with van der Waals surface area (Å²) in [6.45, 7) is 0.110. The molecule has 2 heterocycles. The first-order chi connectivity index (χ1) is 8.97. The van der Waals surface area contributed by atoms with Gasteiger partial charge in [0.1, 0.15) is 5.76 Å². The van der Waals surface area contributed by atoms with Crippen LogP contribution in [0.15, 0.2) is 28.9 Å². The Bertz CT molecular complexity index is 451. The van der Waals surface area contributed by atoms with E-state index in [4.69, 9.17) is 4.42 Å². The number of alkyl halides is 3. The number of hydrogen-bond donors (Lipinski definition) is 0. The number of amides is 1. The van der Waals surface area contributed by atoms with Crippen LogP contribution in [0.1, 0.15) is 18.6 Å². The molecule has 0 N–H and O–H groups in total. The molecule has 0 saturated carbocycles. The number of rotatable bonds is 2. The van der Waals surface area contributed by atoms with Crippen LogP contribution in [0.3, 0.4) is 0 Å². The van der Waals surface area contributed by atoms with Gasteiger partial charge in [-0.05, 0) is 31.1 Å². The quantitative estimate of drug-likeness (QED) is 0.776. The molecular weight excluding hydrogens is 259 g/mol. The molecule has 1 unspecified atom stereocenters. The molecule has 1 aliphatic rings. The van der Waals surface area contributed by atoms with E-state index in [1.54, 1.807) is 12.1 Å². The third-order valence-corrected chi connectivity index (χ3v) is 3.13. The van der Waals surface area contributed by atoms with Crippen molar-refractivity contribution in [1.29, 1.82) is 0 Å². The zero-order valence-corrected chi connectivity index (χ0v) is 10.2. The fourth-order valence-corrected chi connectivity index (χ4v) is 2.09. The van der Waals surface area contributed by atoms with Crippen LogP contribution in [0.4, 0.5) is 13.2 Å². The van der Waals surface area contributed by atoms with Gasteiger partial charge in [0, 0.05) is 19.2 Å². The summed E-state index contributed by atoms with van der Waals surface area (Å²) in [7, 11) is 0. The maximum Gasteiger partial charge on any atom is 0.393 e. The monoisotopic (exact) mass is 273 g/mol. The van der Waals surface area contributed by atoms with Crippen LogP contribution in [0.25, 0.3) is 6.08 Å². The summed E-state index contributed by atoms with van der Waals surface area (Å²) in [5.41, 5.74) is 0. The largest absolute Gasteiger partial charge is 0.465 e. The molecule has 0 aromatic carbocycles. The van der Waals surface area contributed by atoms with Gasteiger partial charge in [-0.3, -0.25) is 4.79 Å².